The molecule has 0 amide bonds. The summed E-state index contributed by atoms with van der Waals surface area (Å²) in [7, 11) is -4.71. The van der Waals surface area contributed by atoms with Crippen molar-refractivity contribution in [2.75, 3.05) is 18.9 Å². The number of para-hydroxylation sites is 1. The first-order valence-electron chi connectivity index (χ1n) is 10.9. The maximum atomic E-state index is 13.0. The summed E-state index contributed by atoms with van der Waals surface area (Å²) in [5.41, 5.74) is 2.56. The van der Waals surface area contributed by atoms with Crippen molar-refractivity contribution in [2.24, 2.45) is 0 Å². The Morgan fingerprint density at radius 3 is 2.57 bits per heavy atom. The van der Waals surface area contributed by atoms with Crippen molar-refractivity contribution < 1.29 is 30.8 Å². The van der Waals surface area contributed by atoms with Gasteiger partial charge in [-0.15, -0.1) is 0 Å². The lowest BCUT2D eigenvalue weighted by Gasteiger charge is -2.12. The van der Waals surface area contributed by atoms with Crippen molar-refractivity contribution in [2.45, 2.75) is 24.5 Å². The van der Waals surface area contributed by atoms with Crippen molar-refractivity contribution >= 4 is 36.8 Å². The highest BCUT2D eigenvalue weighted by Gasteiger charge is 2.30. The Morgan fingerprint density at radius 2 is 1.86 bits per heavy atom. The molecule has 0 radical (unpaired) electrons. The van der Waals surface area contributed by atoms with Crippen LogP contribution in [0.3, 0.4) is 0 Å². The van der Waals surface area contributed by atoms with Gasteiger partial charge in [-0.2, -0.15) is 9.40 Å². The third-order valence-corrected chi connectivity index (χ3v) is 8.70. The predicted octanol–water partition coefficient (Wildman–Crippen LogP) is 2.68. The minimum atomic E-state index is -4.04. The molecule has 0 fully saturated rings. The molecule has 4 aromatic rings. The molecule has 2 aromatic carbocycles. The molecule has 1 N–H and O–H groups in total. The SMILES string of the molecule is C=CS(=O)(=O)N1Cc2cn(Cc3cc(OC)c4c(NS(=O)(=O)c5ccccc5OC)noc4c3)nc2C1. The number of nitrogens with zero attached hydrogens (tertiary/aromatic N) is 4. The van der Waals surface area contributed by atoms with Crippen LogP contribution < -0.4 is 14.2 Å². The van der Waals surface area contributed by atoms with Gasteiger partial charge in [-0.3, -0.25) is 9.40 Å². The van der Waals surface area contributed by atoms with Gasteiger partial charge in [-0.1, -0.05) is 23.9 Å². The maximum Gasteiger partial charge on any atom is 0.266 e. The summed E-state index contributed by atoms with van der Waals surface area (Å²) in [5, 5.41) is 9.71. The second-order valence-electron chi connectivity index (χ2n) is 8.24. The maximum absolute atomic E-state index is 13.0. The quantitative estimate of drug-likeness (QED) is 0.335. The van der Waals surface area contributed by atoms with E-state index < -0.39 is 20.0 Å². The molecule has 37 heavy (non-hydrogen) atoms. The summed E-state index contributed by atoms with van der Waals surface area (Å²) < 4.78 is 71.7. The molecular formula is C23H23N5O7S2. The number of anilines is 1. The van der Waals surface area contributed by atoms with E-state index in [0.29, 0.717) is 29.0 Å². The van der Waals surface area contributed by atoms with Gasteiger partial charge in [0.15, 0.2) is 11.4 Å². The van der Waals surface area contributed by atoms with E-state index in [1.165, 1.54) is 24.6 Å². The van der Waals surface area contributed by atoms with Crippen molar-refractivity contribution in [3.63, 3.8) is 0 Å². The zero-order valence-electron chi connectivity index (χ0n) is 19.9. The van der Waals surface area contributed by atoms with Crippen molar-refractivity contribution in [1.82, 2.24) is 19.2 Å². The predicted molar refractivity (Wildman–Crippen MR) is 134 cm³/mol. The molecule has 194 valence electrons. The molecule has 12 nitrogen and oxygen atoms in total. The van der Waals surface area contributed by atoms with E-state index >= 15 is 0 Å². The normalized spacial score (nSPS) is 14.0. The number of nitrogens with one attached hydrogen (secondary N) is 1. The average Bonchev–Trinajstić information content (AvgIpc) is 3.57. The van der Waals surface area contributed by atoms with E-state index in [4.69, 9.17) is 14.0 Å². The molecule has 1 aliphatic rings. The van der Waals surface area contributed by atoms with Crippen LogP contribution >= 0.6 is 0 Å². The summed E-state index contributed by atoms with van der Waals surface area (Å²) in [4.78, 5) is -0.0459. The molecule has 3 heterocycles. The summed E-state index contributed by atoms with van der Waals surface area (Å²) >= 11 is 0. The summed E-state index contributed by atoms with van der Waals surface area (Å²) in [5.74, 6) is 0.522. The summed E-state index contributed by atoms with van der Waals surface area (Å²) in [6.07, 6.45) is 1.79. The van der Waals surface area contributed by atoms with Crippen LogP contribution in [-0.2, 0) is 39.7 Å². The highest BCUT2D eigenvalue weighted by atomic mass is 32.2. The van der Waals surface area contributed by atoms with Crippen LogP contribution in [0.1, 0.15) is 16.8 Å². The van der Waals surface area contributed by atoms with Gasteiger partial charge in [0.05, 0.1) is 33.0 Å². The lowest BCUT2D eigenvalue weighted by atomic mass is 10.1. The van der Waals surface area contributed by atoms with Crippen LogP contribution in [0.5, 0.6) is 11.5 Å². The number of aromatic nitrogens is 3. The summed E-state index contributed by atoms with van der Waals surface area (Å²) in [6, 6.07) is 9.68. The van der Waals surface area contributed by atoms with Crippen LogP contribution in [-0.4, -0.2) is 50.3 Å². The molecular weight excluding hydrogens is 522 g/mol. The van der Waals surface area contributed by atoms with E-state index in [-0.39, 0.29) is 29.6 Å². The highest BCUT2D eigenvalue weighted by molar-refractivity contribution is 7.93. The fourth-order valence-corrected chi connectivity index (χ4v) is 6.18. The monoisotopic (exact) mass is 545 g/mol. The Bertz CT molecular complexity index is 1700. The highest BCUT2D eigenvalue weighted by Crippen LogP contribution is 2.36. The molecule has 0 spiro atoms. The van der Waals surface area contributed by atoms with Crippen LogP contribution in [0.4, 0.5) is 5.82 Å². The first kappa shape index (κ1) is 24.8. The topological polar surface area (TPSA) is 146 Å². The minimum absolute atomic E-state index is 0.0223. The number of methoxy groups -OCH3 is 2. The lowest BCUT2D eigenvalue weighted by Crippen LogP contribution is -2.23. The molecule has 2 aromatic heterocycles. The average molecular weight is 546 g/mol. The minimum Gasteiger partial charge on any atom is -0.496 e. The molecule has 14 heteroatoms. The number of sulfonamides is 2. The van der Waals surface area contributed by atoms with Gasteiger partial charge in [0.2, 0.25) is 10.0 Å². The number of rotatable bonds is 9. The molecule has 5 rings (SSSR count). The zero-order valence-corrected chi connectivity index (χ0v) is 21.5. The number of hydrogen-bond donors (Lipinski definition) is 1. The Kier molecular flexibility index (Phi) is 6.17. The number of benzene rings is 2. The second kappa shape index (κ2) is 9.21. The number of hydrogen-bond acceptors (Lipinski definition) is 9. The molecule has 0 atom stereocenters. The van der Waals surface area contributed by atoms with E-state index in [1.54, 1.807) is 41.2 Å². The van der Waals surface area contributed by atoms with Gasteiger partial charge in [-0.05, 0) is 29.8 Å². The lowest BCUT2D eigenvalue weighted by molar-refractivity contribution is 0.403. The largest absolute Gasteiger partial charge is 0.496 e. The first-order valence-corrected chi connectivity index (χ1v) is 13.9. The number of fused-ring (bicyclic) bond motifs is 2. The van der Waals surface area contributed by atoms with Crippen molar-refractivity contribution in [3.05, 3.63) is 71.4 Å². The Labute approximate surface area is 213 Å². The van der Waals surface area contributed by atoms with E-state index in [1.807, 2.05) is 0 Å². The van der Waals surface area contributed by atoms with Crippen LogP contribution in [0.25, 0.3) is 11.0 Å². The Morgan fingerprint density at radius 1 is 1.11 bits per heavy atom. The molecule has 0 bridgehead atoms. The molecule has 0 unspecified atom stereocenters. The van der Waals surface area contributed by atoms with Gasteiger partial charge >= 0.3 is 0 Å². The van der Waals surface area contributed by atoms with Crippen LogP contribution in [0.2, 0.25) is 0 Å². The van der Waals surface area contributed by atoms with Gasteiger partial charge in [0.25, 0.3) is 10.0 Å². The van der Waals surface area contributed by atoms with Crippen molar-refractivity contribution in [1.29, 1.82) is 0 Å². The van der Waals surface area contributed by atoms with Crippen molar-refractivity contribution in [3.8, 4) is 11.5 Å². The second-order valence-corrected chi connectivity index (χ2v) is 11.8. The van der Waals surface area contributed by atoms with Crippen LogP contribution in [0, 0.1) is 0 Å². The smallest absolute Gasteiger partial charge is 0.266 e. The van der Waals surface area contributed by atoms with Gasteiger partial charge in [0, 0.05) is 23.7 Å². The van der Waals surface area contributed by atoms with Gasteiger partial charge in [-0.25, -0.2) is 16.8 Å². The third kappa shape index (κ3) is 4.54. The van der Waals surface area contributed by atoms with E-state index in [9.17, 15) is 16.8 Å². The zero-order chi connectivity index (χ0) is 26.4. The molecule has 0 aliphatic carbocycles. The number of ether oxygens (including phenoxy) is 2. The molecule has 1 aliphatic heterocycles. The standard InChI is InChI=1S/C23H23N5O7S2/c1-4-36(29,30)28-13-16-12-27(24-17(16)14-28)11-15-9-19(34-3)22-20(10-15)35-25-23(22)26-37(31,32)21-8-6-5-7-18(21)33-2/h4-10,12H,1,11,13-14H2,2-3H3,(H,25,26). The Balaban J connectivity index is 1.41. The van der Waals surface area contributed by atoms with E-state index in [2.05, 4.69) is 21.6 Å². The molecule has 0 saturated heterocycles. The molecule has 0 saturated carbocycles. The Hall–Kier alpha value is -3.88. The summed E-state index contributed by atoms with van der Waals surface area (Å²) in [6.45, 7) is 4.11. The fraction of sp³-hybridized carbons (Fsp3) is 0.217. The first-order chi connectivity index (χ1) is 17.6. The van der Waals surface area contributed by atoms with E-state index in [0.717, 1.165) is 16.5 Å². The van der Waals surface area contributed by atoms with Crippen LogP contribution in [0.15, 0.2) is 64.0 Å². The van der Waals surface area contributed by atoms with Gasteiger partial charge < -0.3 is 14.0 Å². The van der Waals surface area contributed by atoms with Gasteiger partial charge in [0.1, 0.15) is 21.8 Å². The fourth-order valence-electron chi connectivity index (χ4n) is 4.17. The third-order valence-electron chi connectivity index (χ3n) is 5.92.